The van der Waals surface area contributed by atoms with Crippen LogP contribution in [0.15, 0.2) is 71.8 Å². The first-order valence-corrected chi connectivity index (χ1v) is 8.65. The first-order chi connectivity index (χ1) is 11.5. The smallest absolute Gasteiger partial charge is 0.330 e. The third-order valence-electron chi connectivity index (χ3n) is 3.63. The van der Waals surface area contributed by atoms with Crippen LogP contribution in [0.5, 0.6) is 0 Å². The number of methoxy groups -OCH3 is 1. The molecular formula is C18H15NO4S. The summed E-state index contributed by atoms with van der Waals surface area (Å²) >= 11 is 0. The molecule has 3 aromatic rings. The fraction of sp³-hybridized carbons (Fsp3) is 0.0556. The molecule has 2 aromatic carbocycles. The van der Waals surface area contributed by atoms with Crippen molar-refractivity contribution in [2.24, 2.45) is 0 Å². The summed E-state index contributed by atoms with van der Waals surface area (Å²) in [7, 11) is -2.37. The van der Waals surface area contributed by atoms with E-state index in [-0.39, 0.29) is 4.90 Å². The summed E-state index contributed by atoms with van der Waals surface area (Å²) in [6.07, 6.45) is 4.42. The fourth-order valence-electron chi connectivity index (χ4n) is 2.45. The van der Waals surface area contributed by atoms with Gasteiger partial charge in [-0.05, 0) is 35.9 Å². The average Bonchev–Trinajstić information content (AvgIpc) is 3.05. The van der Waals surface area contributed by atoms with Crippen molar-refractivity contribution < 1.29 is 17.9 Å². The minimum Gasteiger partial charge on any atom is -0.466 e. The number of benzene rings is 2. The van der Waals surface area contributed by atoms with Crippen LogP contribution >= 0.6 is 0 Å². The number of hydrogen-bond acceptors (Lipinski definition) is 4. The zero-order chi connectivity index (χ0) is 17.2. The molecule has 3 rings (SSSR count). The molecule has 24 heavy (non-hydrogen) atoms. The van der Waals surface area contributed by atoms with E-state index in [9.17, 15) is 13.2 Å². The van der Waals surface area contributed by atoms with Crippen LogP contribution in [-0.2, 0) is 19.6 Å². The molecule has 0 radical (unpaired) electrons. The summed E-state index contributed by atoms with van der Waals surface area (Å²) in [5.74, 6) is -0.469. The second-order valence-corrected chi connectivity index (χ2v) is 6.88. The Bertz CT molecular complexity index is 1020. The van der Waals surface area contributed by atoms with Gasteiger partial charge in [0.05, 0.1) is 17.5 Å². The summed E-state index contributed by atoms with van der Waals surface area (Å²) in [5, 5.41) is 0.733. The molecule has 0 aliphatic carbocycles. The summed E-state index contributed by atoms with van der Waals surface area (Å²) in [6, 6.07) is 15.2. The first-order valence-electron chi connectivity index (χ1n) is 7.21. The second-order valence-electron chi connectivity index (χ2n) is 5.07. The Balaban J connectivity index is 2.13. The van der Waals surface area contributed by atoms with Crippen LogP contribution in [-0.4, -0.2) is 25.5 Å². The Morgan fingerprint density at radius 1 is 1.04 bits per heavy atom. The molecule has 1 heterocycles. The lowest BCUT2D eigenvalue weighted by Gasteiger charge is -2.08. The topological polar surface area (TPSA) is 65.4 Å². The molecular weight excluding hydrogens is 326 g/mol. The van der Waals surface area contributed by atoms with Crippen LogP contribution in [0, 0.1) is 0 Å². The molecule has 0 saturated carbocycles. The number of esters is 1. The van der Waals surface area contributed by atoms with Crippen molar-refractivity contribution in [1.82, 2.24) is 3.97 Å². The van der Waals surface area contributed by atoms with Crippen LogP contribution < -0.4 is 0 Å². The lowest BCUT2D eigenvalue weighted by atomic mass is 10.1. The number of carbonyl (C=O) groups is 1. The van der Waals surface area contributed by atoms with E-state index in [4.69, 9.17) is 0 Å². The highest BCUT2D eigenvalue weighted by Crippen LogP contribution is 2.25. The van der Waals surface area contributed by atoms with Crippen LogP contribution in [0.1, 0.15) is 5.56 Å². The van der Waals surface area contributed by atoms with E-state index in [1.54, 1.807) is 60.7 Å². The molecule has 0 amide bonds. The Morgan fingerprint density at radius 3 is 2.50 bits per heavy atom. The summed E-state index contributed by atoms with van der Waals surface area (Å²) in [5.41, 5.74) is 1.28. The minimum absolute atomic E-state index is 0.220. The lowest BCUT2D eigenvalue weighted by Crippen LogP contribution is -2.11. The fourth-order valence-corrected chi connectivity index (χ4v) is 3.82. The summed E-state index contributed by atoms with van der Waals surface area (Å²) in [6.45, 7) is 0. The summed E-state index contributed by atoms with van der Waals surface area (Å²) < 4.78 is 31.4. The van der Waals surface area contributed by atoms with Gasteiger partial charge >= 0.3 is 5.97 Å². The Morgan fingerprint density at radius 2 is 1.79 bits per heavy atom. The van der Waals surface area contributed by atoms with Gasteiger partial charge in [-0.1, -0.05) is 30.3 Å². The van der Waals surface area contributed by atoms with E-state index >= 15 is 0 Å². The SMILES string of the molecule is COC(=O)/C=C/c1cccc2c1ccn2S(=O)(=O)c1ccccc1. The molecule has 5 nitrogen and oxygen atoms in total. The number of carbonyl (C=O) groups excluding carboxylic acids is 1. The largest absolute Gasteiger partial charge is 0.466 e. The van der Waals surface area contributed by atoms with Gasteiger partial charge in [-0.3, -0.25) is 0 Å². The molecule has 0 fully saturated rings. The standard InChI is InChI=1S/C18H15NO4S/c1-23-18(20)11-10-14-6-5-9-17-16(14)12-13-19(17)24(21,22)15-7-3-2-4-8-15/h2-13H,1H3/b11-10+. The highest BCUT2D eigenvalue weighted by Gasteiger charge is 2.18. The highest BCUT2D eigenvalue weighted by molar-refractivity contribution is 7.90. The third-order valence-corrected chi connectivity index (χ3v) is 5.34. The van der Waals surface area contributed by atoms with E-state index in [1.165, 1.54) is 23.4 Å². The van der Waals surface area contributed by atoms with Gasteiger partial charge in [-0.15, -0.1) is 0 Å². The predicted molar refractivity (Wildman–Crippen MR) is 92.0 cm³/mol. The van der Waals surface area contributed by atoms with Crippen molar-refractivity contribution in [3.8, 4) is 0 Å². The lowest BCUT2D eigenvalue weighted by molar-refractivity contribution is -0.134. The molecule has 122 valence electrons. The third kappa shape index (κ3) is 2.83. The number of aromatic nitrogens is 1. The highest BCUT2D eigenvalue weighted by atomic mass is 32.2. The van der Waals surface area contributed by atoms with Crippen LogP contribution in [0.4, 0.5) is 0 Å². The second kappa shape index (κ2) is 6.33. The van der Waals surface area contributed by atoms with Gasteiger partial charge < -0.3 is 4.74 Å². The Labute approximate surface area is 139 Å². The number of nitrogens with zero attached hydrogens (tertiary/aromatic N) is 1. The van der Waals surface area contributed by atoms with Crippen molar-refractivity contribution in [2.75, 3.05) is 7.11 Å². The van der Waals surface area contributed by atoms with Crippen LogP contribution in [0.2, 0.25) is 0 Å². The molecule has 0 N–H and O–H groups in total. The van der Waals surface area contributed by atoms with Crippen LogP contribution in [0.25, 0.3) is 17.0 Å². The molecule has 0 bridgehead atoms. The van der Waals surface area contributed by atoms with E-state index in [2.05, 4.69) is 4.74 Å². The minimum atomic E-state index is -3.67. The molecule has 6 heteroatoms. The van der Waals surface area contributed by atoms with Crippen molar-refractivity contribution >= 4 is 33.0 Å². The zero-order valence-electron chi connectivity index (χ0n) is 12.9. The van der Waals surface area contributed by atoms with Gasteiger partial charge in [-0.2, -0.15) is 0 Å². The quantitative estimate of drug-likeness (QED) is 0.540. The van der Waals surface area contributed by atoms with E-state index < -0.39 is 16.0 Å². The predicted octanol–water partition coefficient (Wildman–Crippen LogP) is 3.06. The van der Waals surface area contributed by atoms with Crippen molar-refractivity contribution in [2.45, 2.75) is 4.90 Å². The number of rotatable bonds is 4. The van der Waals surface area contributed by atoms with Gasteiger partial charge in [0.25, 0.3) is 10.0 Å². The molecule has 1 aromatic heterocycles. The molecule has 0 spiro atoms. The maximum atomic E-state index is 12.8. The van der Waals surface area contributed by atoms with Crippen LogP contribution in [0.3, 0.4) is 0 Å². The number of fused-ring (bicyclic) bond motifs is 1. The van der Waals surface area contributed by atoms with Gasteiger partial charge in [-0.25, -0.2) is 17.2 Å². The molecule has 0 aliphatic heterocycles. The van der Waals surface area contributed by atoms with E-state index in [0.29, 0.717) is 5.52 Å². The van der Waals surface area contributed by atoms with Gasteiger partial charge in [0.2, 0.25) is 0 Å². The van der Waals surface area contributed by atoms with E-state index in [0.717, 1.165) is 10.9 Å². The zero-order valence-corrected chi connectivity index (χ0v) is 13.7. The monoisotopic (exact) mass is 341 g/mol. The van der Waals surface area contributed by atoms with Gasteiger partial charge in [0.15, 0.2) is 0 Å². The number of ether oxygens (including phenoxy) is 1. The summed E-state index contributed by atoms with van der Waals surface area (Å²) in [4.78, 5) is 11.5. The molecule has 0 saturated heterocycles. The molecule has 0 unspecified atom stereocenters. The average molecular weight is 341 g/mol. The maximum Gasteiger partial charge on any atom is 0.330 e. The van der Waals surface area contributed by atoms with E-state index in [1.807, 2.05) is 0 Å². The van der Waals surface area contributed by atoms with Gasteiger partial charge in [0.1, 0.15) is 0 Å². The van der Waals surface area contributed by atoms with Crippen molar-refractivity contribution in [3.05, 3.63) is 72.4 Å². The first kappa shape index (κ1) is 16.0. The van der Waals surface area contributed by atoms with Crippen molar-refractivity contribution in [1.29, 1.82) is 0 Å². The maximum absolute atomic E-state index is 12.8. The van der Waals surface area contributed by atoms with Gasteiger partial charge in [0, 0.05) is 17.7 Å². The molecule has 0 aliphatic rings. The number of hydrogen-bond donors (Lipinski definition) is 0. The molecule has 0 atom stereocenters. The van der Waals surface area contributed by atoms with Crippen molar-refractivity contribution in [3.63, 3.8) is 0 Å². The normalized spacial score (nSPS) is 11.9. The Kier molecular flexibility index (Phi) is 4.22. The Hall–Kier alpha value is -2.86.